The number of rotatable bonds is 3. The Hall–Kier alpha value is -0.860. The van der Waals surface area contributed by atoms with Crippen molar-refractivity contribution in [2.75, 3.05) is 39.3 Å². The molecule has 98 valence electrons. The van der Waals surface area contributed by atoms with Crippen LogP contribution in [0.25, 0.3) is 0 Å². The van der Waals surface area contributed by atoms with E-state index in [2.05, 4.69) is 40.0 Å². The van der Waals surface area contributed by atoms with Gasteiger partial charge in [0, 0.05) is 48.5 Å². The Morgan fingerprint density at radius 3 is 2.67 bits per heavy atom. The largest absolute Gasteiger partial charge is 0.320 e. The van der Waals surface area contributed by atoms with Crippen LogP contribution in [0.3, 0.4) is 0 Å². The van der Waals surface area contributed by atoms with Crippen molar-refractivity contribution in [1.82, 2.24) is 9.80 Å². The van der Waals surface area contributed by atoms with E-state index in [-0.39, 0.29) is 0 Å². The summed E-state index contributed by atoms with van der Waals surface area (Å²) in [6.45, 7) is 9.65. The quantitative estimate of drug-likeness (QED) is 0.832. The van der Waals surface area contributed by atoms with Gasteiger partial charge in [-0.15, -0.1) is 11.3 Å². The summed E-state index contributed by atoms with van der Waals surface area (Å²) >= 11 is 1.80. The lowest BCUT2D eigenvalue weighted by Gasteiger charge is -2.33. The van der Waals surface area contributed by atoms with Crippen molar-refractivity contribution in [2.45, 2.75) is 13.5 Å². The molecule has 2 heterocycles. The topological polar surface area (TPSA) is 32.5 Å². The van der Waals surface area contributed by atoms with Gasteiger partial charge in [-0.25, -0.2) is 0 Å². The third kappa shape index (κ3) is 3.82. The number of hydrogen-bond acceptors (Lipinski definition) is 4. The van der Waals surface area contributed by atoms with Crippen molar-refractivity contribution >= 4 is 11.3 Å². The van der Waals surface area contributed by atoms with E-state index in [9.17, 15) is 0 Å². The Bertz CT molecular complexity index is 422. The highest BCUT2D eigenvalue weighted by molar-refractivity contribution is 7.10. The molecule has 0 bridgehead atoms. The third-order valence-corrected chi connectivity index (χ3v) is 4.20. The highest BCUT2D eigenvalue weighted by Crippen LogP contribution is 2.17. The summed E-state index contributed by atoms with van der Waals surface area (Å²) in [5, 5.41) is 2.13. The molecular weight excluding hydrogens is 242 g/mol. The first-order valence-electron chi connectivity index (χ1n) is 6.53. The van der Waals surface area contributed by atoms with Crippen LogP contribution < -0.4 is 5.73 Å². The van der Waals surface area contributed by atoms with Gasteiger partial charge in [0.2, 0.25) is 0 Å². The summed E-state index contributed by atoms with van der Waals surface area (Å²) in [7, 11) is 0. The maximum absolute atomic E-state index is 5.38. The maximum atomic E-state index is 5.38. The number of hydrogen-bond donors (Lipinski definition) is 1. The first-order valence-corrected chi connectivity index (χ1v) is 7.41. The van der Waals surface area contributed by atoms with Crippen molar-refractivity contribution in [3.63, 3.8) is 0 Å². The normalized spacial score (nSPS) is 17.4. The second-order valence-electron chi connectivity index (χ2n) is 4.52. The van der Waals surface area contributed by atoms with E-state index in [1.54, 1.807) is 11.3 Å². The molecule has 1 aliphatic heterocycles. The SMILES string of the molecule is CCN1CCN(Cc2cc(C#CCN)cs2)CC1. The summed E-state index contributed by atoms with van der Waals surface area (Å²) in [5.74, 6) is 5.99. The predicted octanol–water partition coefficient (Wildman–Crippen LogP) is 1.20. The third-order valence-electron chi connectivity index (χ3n) is 3.28. The van der Waals surface area contributed by atoms with E-state index in [0.717, 1.165) is 12.1 Å². The number of nitrogens with zero attached hydrogens (tertiary/aromatic N) is 2. The minimum atomic E-state index is 0.435. The van der Waals surface area contributed by atoms with Crippen LogP contribution in [0.15, 0.2) is 11.4 Å². The molecule has 2 rings (SSSR count). The van der Waals surface area contributed by atoms with E-state index in [1.165, 1.54) is 37.6 Å². The molecule has 18 heavy (non-hydrogen) atoms. The van der Waals surface area contributed by atoms with Crippen molar-refractivity contribution in [2.24, 2.45) is 5.73 Å². The number of nitrogens with two attached hydrogens (primary N) is 1. The van der Waals surface area contributed by atoms with E-state index >= 15 is 0 Å². The lowest BCUT2D eigenvalue weighted by Crippen LogP contribution is -2.45. The van der Waals surface area contributed by atoms with Gasteiger partial charge in [0.25, 0.3) is 0 Å². The molecule has 1 fully saturated rings. The zero-order valence-corrected chi connectivity index (χ0v) is 11.8. The second-order valence-corrected chi connectivity index (χ2v) is 5.51. The minimum absolute atomic E-state index is 0.435. The van der Waals surface area contributed by atoms with Crippen LogP contribution in [0.4, 0.5) is 0 Å². The summed E-state index contributed by atoms with van der Waals surface area (Å²) in [6.07, 6.45) is 0. The van der Waals surface area contributed by atoms with Gasteiger partial charge in [-0.05, 0) is 12.6 Å². The molecule has 0 saturated carbocycles. The molecule has 4 heteroatoms. The molecule has 1 aliphatic rings. The van der Waals surface area contributed by atoms with E-state index in [0.29, 0.717) is 6.54 Å². The number of thiophene rings is 1. The van der Waals surface area contributed by atoms with Crippen molar-refractivity contribution in [3.05, 3.63) is 21.9 Å². The smallest absolute Gasteiger partial charge is 0.0555 e. The van der Waals surface area contributed by atoms with E-state index in [1.807, 2.05) is 0 Å². The standard InChI is InChI=1S/C14H21N3S/c1-2-16-6-8-17(9-7-16)11-14-10-13(12-18-14)4-3-5-15/h10,12H,2,5-9,11,15H2,1H3. The van der Waals surface area contributed by atoms with Crippen LogP contribution in [0.5, 0.6) is 0 Å². The van der Waals surface area contributed by atoms with Crippen molar-refractivity contribution in [1.29, 1.82) is 0 Å². The lowest BCUT2D eigenvalue weighted by atomic mass is 10.2. The summed E-state index contributed by atoms with van der Waals surface area (Å²) < 4.78 is 0. The van der Waals surface area contributed by atoms with Crippen molar-refractivity contribution < 1.29 is 0 Å². The molecule has 3 nitrogen and oxygen atoms in total. The Morgan fingerprint density at radius 1 is 1.28 bits per heavy atom. The monoisotopic (exact) mass is 263 g/mol. The van der Waals surface area contributed by atoms with Gasteiger partial charge in [0.05, 0.1) is 6.54 Å². The Morgan fingerprint density at radius 2 is 2.00 bits per heavy atom. The molecule has 0 aliphatic carbocycles. The predicted molar refractivity (Wildman–Crippen MR) is 77.6 cm³/mol. The van der Waals surface area contributed by atoms with Gasteiger partial charge < -0.3 is 10.6 Å². The average Bonchev–Trinajstić information content (AvgIpc) is 2.85. The van der Waals surface area contributed by atoms with Crippen molar-refractivity contribution in [3.8, 4) is 11.8 Å². The fraction of sp³-hybridized carbons (Fsp3) is 0.571. The van der Waals surface area contributed by atoms with E-state index < -0.39 is 0 Å². The molecule has 1 aromatic heterocycles. The molecular formula is C14H21N3S. The first-order chi connectivity index (χ1) is 8.81. The highest BCUT2D eigenvalue weighted by Gasteiger charge is 2.15. The molecule has 0 unspecified atom stereocenters. The molecule has 1 aromatic rings. The second kappa shape index (κ2) is 6.91. The fourth-order valence-electron chi connectivity index (χ4n) is 2.17. The Labute approximate surface area is 114 Å². The summed E-state index contributed by atoms with van der Waals surface area (Å²) in [5.41, 5.74) is 6.48. The van der Waals surface area contributed by atoms with Gasteiger partial charge in [-0.3, -0.25) is 4.90 Å². The molecule has 0 spiro atoms. The van der Waals surface area contributed by atoms with Gasteiger partial charge in [-0.1, -0.05) is 18.8 Å². The molecule has 2 N–H and O–H groups in total. The van der Waals surface area contributed by atoms with Gasteiger partial charge in [-0.2, -0.15) is 0 Å². The molecule has 0 radical (unpaired) electrons. The van der Waals surface area contributed by atoms with Crippen LogP contribution in [-0.4, -0.2) is 49.1 Å². The number of likely N-dealkylation sites (N-methyl/N-ethyl adjacent to an activating group) is 1. The minimum Gasteiger partial charge on any atom is -0.320 e. The molecule has 0 atom stereocenters. The van der Waals surface area contributed by atoms with Crippen LogP contribution >= 0.6 is 11.3 Å². The van der Waals surface area contributed by atoms with Crippen LogP contribution in [0, 0.1) is 11.8 Å². The molecule has 0 amide bonds. The van der Waals surface area contributed by atoms with Gasteiger partial charge in [0.15, 0.2) is 0 Å². The van der Waals surface area contributed by atoms with Crippen LogP contribution in [0.2, 0.25) is 0 Å². The Kier molecular flexibility index (Phi) is 5.21. The van der Waals surface area contributed by atoms with Gasteiger partial charge >= 0.3 is 0 Å². The van der Waals surface area contributed by atoms with E-state index in [4.69, 9.17) is 5.73 Å². The zero-order chi connectivity index (χ0) is 12.8. The van der Waals surface area contributed by atoms with Gasteiger partial charge in [0.1, 0.15) is 0 Å². The van der Waals surface area contributed by atoms with Crippen LogP contribution in [-0.2, 0) is 6.54 Å². The average molecular weight is 263 g/mol. The maximum Gasteiger partial charge on any atom is 0.0555 e. The lowest BCUT2D eigenvalue weighted by molar-refractivity contribution is 0.133. The fourth-order valence-corrected chi connectivity index (χ4v) is 3.02. The first kappa shape index (κ1) is 13.6. The number of piperazine rings is 1. The van der Waals surface area contributed by atoms with Crippen LogP contribution in [0.1, 0.15) is 17.4 Å². The molecule has 0 aromatic carbocycles. The molecule has 1 saturated heterocycles. The summed E-state index contributed by atoms with van der Waals surface area (Å²) in [6, 6.07) is 2.19. The zero-order valence-electron chi connectivity index (χ0n) is 11.0. The summed E-state index contributed by atoms with van der Waals surface area (Å²) in [4.78, 5) is 6.43. The highest BCUT2D eigenvalue weighted by atomic mass is 32.1. The Balaban J connectivity index is 1.85.